The van der Waals surface area contributed by atoms with Crippen LogP contribution in [0.5, 0.6) is 0 Å². The van der Waals surface area contributed by atoms with Crippen LogP contribution in [0.3, 0.4) is 0 Å². The Hall–Kier alpha value is -1.58. The molecule has 2 amide bonds. The summed E-state index contributed by atoms with van der Waals surface area (Å²) in [7, 11) is 0. The third-order valence-corrected chi connectivity index (χ3v) is 6.53. The van der Waals surface area contributed by atoms with Crippen molar-refractivity contribution in [3.8, 4) is 0 Å². The maximum Gasteiger partial charge on any atom is 0.217 e. The van der Waals surface area contributed by atoms with Gasteiger partial charge in [0.25, 0.3) is 0 Å². The molecule has 0 radical (unpaired) electrons. The molecular weight excluding hydrogens is 532 g/mol. The Morgan fingerprint density at radius 1 is 0.795 bits per heavy atom. The Morgan fingerprint density at radius 3 is 1.41 bits per heavy atom. The van der Waals surface area contributed by atoms with Crippen molar-refractivity contribution < 1.29 is 74.9 Å². The summed E-state index contributed by atoms with van der Waals surface area (Å²) in [4.78, 5) is 23.1. The van der Waals surface area contributed by atoms with Gasteiger partial charge in [0.05, 0.1) is 37.5 Å². The van der Waals surface area contributed by atoms with Crippen molar-refractivity contribution >= 4 is 11.8 Å². The average molecular weight is 573 g/mol. The van der Waals surface area contributed by atoms with E-state index in [2.05, 4.69) is 10.6 Å². The van der Waals surface area contributed by atoms with E-state index in [4.69, 9.17) is 14.2 Å². The summed E-state index contributed by atoms with van der Waals surface area (Å²) in [6.45, 7) is -1.10. The van der Waals surface area contributed by atoms with Crippen LogP contribution in [0, 0.1) is 0 Å². The third kappa shape index (κ3) is 8.70. The first-order chi connectivity index (χ1) is 18.1. The molecule has 0 aromatic heterocycles. The predicted molar refractivity (Wildman–Crippen MR) is 125 cm³/mol. The molecule has 17 nitrogen and oxygen atoms in total. The summed E-state index contributed by atoms with van der Waals surface area (Å²) in [5, 5.41) is 106. The fourth-order valence-corrected chi connectivity index (χ4v) is 4.70. The smallest absolute Gasteiger partial charge is 0.217 e. The largest absolute Gasteiger partial charge is 0.394 e. The van der Waals surface area contributed by atoms with E-state index in [1.807, 2.05) is 0 Å². The van der Waals surface area contributed by atoms with Crippen molar-refractivity contribution in [1.29, 1.82) is 0 Å². The van der Waals surface area contributed by atoms with Crippen LogP contribution in [0.4, 0.5) is 0 Å². The second kappa shape index (κ2) is 13.9. The minimum absolute atomic E-state index is 0.563. The Balaban J connectivity index is 2.15. The highest BCUT2D eigenvalue weighted by Crippen LogP contribution is 2.33. The number of aliphatic hydroxyl groups excluding tert-OH is 8. The molecule has 0 unspecified atom stereocenters. The molecule has 0 bridgehead atoms. The van der Waals surface area contributed by atoms with Gasteiger partial charge in [0.2, 0.25) is 11.8 Å². The lowest BCUT2D eigenvalue weighted by Crippen LogP contribution is -2.67. The number of amides is 2. The number of carbonyl (C=O) groups excluding carboxylic acids is 2. The van der Waals surface area contributed by atoms with Gasteiger partial charge < -0.3 is 75.9 Å². The summed E-state index contributed by atoms with van der Waals surface area (Å²) in [5.41, 5.74) is 0. The fourth-order valence-electron chi connectivity index (χ4n) is 4.70. The minimum Gasteiger partial charge on any atom is -0.394 e. The minimum atomic E-state index is -2.34. The van der Waals surface area contributed by atoms with Crippen molar-refractivity contribution in [2.24, 2.45) is 0 Å². The second-order valence-corrected chi connectivity index (χ2v) is 10.0. The number of carbonyl (C=O) groups is 2. The summed E-state index contributed by atoms with van der Waals surface area (Å²) >= 11 is 0. The van der Waals surface area contributed by atoms with Crippen molar-refractivity contribution in [3.63, 3.8) is 0 Å². The predicted octanol–water partition coefficient (Wildman–Crippen LogP) is -6.88. The van der Waals surface area contributed by atoms with Crippen molar-refractivity contribution in [2.45, 2.75) is 99.2 Å². The molecule has 0 saturated carbocycles. The Morgan fingerprint density at radius 2 is 1.13 bits per heavy atom. The van der Waals surface area contributed by atoms with Gasteiger partial charge in [-0.1, -0.05) is 0 Å². The van der Waals surface area contributed by atoms with Crippen molar-refractivity contribution in [3.05, 3.63) is 0 Å². The van der Waals surface area contributed by atoms with Gasteiger partial charge in [-0.05, 0) is 0 Å². The van der Waals surface area contributed by atoms with Gasteiger partial charge in [-0.25, -0.2) is 0 Å². The second-order valence-electron chi connectivity index (χ2n) is 10.0. The van der Waals surface area contributed by atoms with Crippen molar-refractivity contribution in [2.75, 3.05) is 26.4 Å². The van der Waals surface area contributed by atoms with Gasteiger partial charge in [-0.3, -0.25) is 9.59 Å². The van der Waals surface area contributed by atoms with Gasteiger partial charge in [-0.2, -0.15) is 0 Å². The molecule has 17 heteroatoms. The number of aliphatic hydroxyl groups is 10. The van der Waals surface area contributed by atoms with Crippen LogP contribution in [0.1, 0.15) is 26.7 Å². The van der Waals surface area contributed by atoms with Crippen LogP contribution in [0.25, 0.3) is 0 Å². The van der Waals surface area contributed by atoms with Crippen LogP contribution >= 0.6 is 0 Å². The molecule has 0 aliphatic carbocycles. The van der Waals surface area contributed by atoms with Gasteiger partial charge >= 0.3 is 0 Å². The highest BCUT2D eigenvalue weighted by molar-refractivity contribution is 5.73. The first-order valence-corrected chi connectivity index (χ1v) is 12.3. The maximum absolute atomic E-state index is 11.6. The van der Waals surface area contributed by atoms with E-state index in [0.29, 0.717) is 0 Å². The molecule has 0 aromatic rings. The lowest BCUT2D eigenvalue weighted by atomic mass is 9.88. The molecule has 2 fully saturated rings. The fraction of sp³-hybridized carbons (Fsp3) is 0.909. The van der Waals surface area contributed by atoms with E-state index in [9.17, 15) is 60.7 Å². The normalized spacial score (nSPS) is 38.4. The van der Waals surface area contributed by atoms with Crippen LogP contribution in [-0.2, 0) is 23.8 Å². The molecule has 2 rings (SSSR count). The standard InChI is InChI=1S/C22H40N2O15/c1-9(27)23-15-11(29)3-21(35,38-19(15)17(33)13(31)5-25)7-37-8-22(36)4-12(30)16(24-10(2)28)20(39-22)18(34)14(32)6-26/h11-20,25-26,29-36H,3-8H2,1-2H3,(H,23,27)(H,24,28)/t11-,12-,13+,14+,15+,16+,17+,18+,19+,20+,21-,22-/m0/s1. The van der Waals surface area contributed by atoms with E-state index in [1.165, 1.54) is 0 Å². The topological polar surface area (TPSA) is 288 Å². The van der Waals surface area contributed by atoms with E-state index >= 15 is 0 Å². The molecule has 2 heterocycles. The van der Waals surface area contributed by atoms with Crippen molar-refractivity contribution in [1.82, 2.24) is 10.6 Å². The molecule has 12 N–H and O–H groups in total. The van der Waals surface area contributed by atoms with E-state index in [1.54, 1.807) is 0 Å². The molecule has 2 aliphatic heterocycles. The number of nitrogens with one attached hydrogen (secondary N) is 2. The molecule has 2 aliphatic rings. The number of hydrogen-bond donors (Lipinski definition) is 12. The molecule has 0 aromatic carbocycles. The Bertz CT molecular complexity index is 758. The number of rotatable bonds is 12. The van der Waals surface area contributed by atoms with Gasteiger partial charge in [-0.15, -0.1) is 0 Å². The van der Waals surface area contributed by atoms with Gasteiger partial charge in [0, 0.05) is 26.7 Å². The molecular formula is C22H40N2O15. The quantitative estimate of drug-likeness (QED) is 0.103. The lowest BCUT2D eigenvalue weighted by Gasteiger charge is -2.48. The molecule has 228 valence electrons. The summed E-state index contributed by atoms with van der Waals surface area (Å²) in [6, 6.07) is -2.57. The van der Waals surface area contributed by atoms with Gasteiger partial charge in [0.15, 0.2) is 11.6 Å². The number of hydrogen-bond acceptors (Lipinski definition) is 15. The van der Waals surface area contributed by atoms with E-state index in [-0.39, 0.29) is 0 Å². The molecule has 0 spiro atoms. The first kappa shape index (κ1) is 33.6. The Kier molecular flexibility index (Phi) is 11.9. The van der Waals surface area contributed by atoms with Crippen LogP contribution < -0.4 is 10.6 Å². The zero-order valence-corrected chi connectivity index (χ0v) is 21.5. The average Bonchev–Trinajstić information content (AvgIpc) is 2.84. The third-order valence-electron chi connectivity index (χ3n) is 6.53. The first-order valence-electron chi connectivity index (χ1n) is 12.3. The zero-order chi connectivity index (χ0) is 29.7. The summed E-state index contributed by atoms with van der Waals surface area (Å²) < 4.78 is 16.3. The molecule has 39 heavy (non-hydrogen) atoms. The van der Waals surface area contributed by atoms with Crippen LogP contribution in [0.15, 0.2) is 0 Å². The van der Waals surface area contributed by atoms with Gasteiger partial charge in [0.1, 0.15) is 49.8 Å². The monoisotopic (exact) mass is 572 g/mol. The summed E-state index contributed by atoms with van der Waals surface area (Å²) in [5.74, 6) is -5.92. The maximum atomic E-state index is 11.6. The highest BCUT2D eigenvalue weighted by atomic mass is 16.7. The van der Waals surface area contributed by atoms with Crippen LogP contribution in [0.2, 0.25) is 0 Å². The Labute approximate surface area is 223 Å². The lowest BCUT2D eigenvalue weighted by molar-refractivity contribution is -0.340. The SMILES string of the molecule is CC(=O)N[C@H]1[C@H]([C@H](O)[C@H](O)CO)O[C@](O)(COC[C@]2(O)C[C@H](O)[C@@H](NC(C)=O)[C@H]([C@H](O)[C@H](O)CO)O2)C[C@@H]1O. The molecule has 2 saturated heterocycles. The van der Waals surface area contributed by atoms with E-state index in [0.717, 1.165) is 13.8 Å². The highest BCUT2D eigenvalue weighted by Gasteiger charge is 2.52. The van der Waals surface area contributed by atoms with Crippen LogP contribution in [-0.4, -0.2) is 162 Å². The van der Waals surface area contributed by atoms with E-state index < -0.39 is 124 Å². The summed E-state index contributed by atoms with van der Waals surface area (Å²) in [6.07, 6.45) is -14.6. The molecule has 12 atom stereocenters. The number of ether oxygens (including phenoxy) is 3. The zero-order valence-electron chi connectivity index (χ0n) is 21.5.